The first-order chi connectivity index (χ1) is 10.3. The molecular weight excluding hydrogens is 266 g/mol. The van der Waals surface area contributed by atoms with E-state index >= 15 is 0 Å². The highest BCUT2D eigenvalue weighted by atomic mass is 16.5. The summed E-state index contributed by atoms with van der Waals surface area (Å²) in [7, 11) is 0. The van der Waals surface area contributed by atoms with Crippen molar-refractivity contribution < 1.29 is 9.53 Å². The molecule has 5 nitrogen and oxygen atoms in total. The zero-order chi connectivity index (χ0) is 15.1. The quantitative estimate of drug-likeness (QED) is 0.825. The minimum absolute atomic E-state index is 0.191. The Morgan fingerprint density at radius 1 is 1.24 bits per heavy atom. The van der Waals surface area contributed by atoms with Gasteiger partial charge in [0, 0.05) is 51.4 Å². The normalized spacial score (nSPS) is 23.8. The summed E-state index contributed by atoms with van der Waals surface area (Å²) in [6.45, 7) is 8.33. The highest BCUT2D eigenvalue weighted by Crippen LogP contribution is 2.19. The first kappa shape index (κ1) is 16.7. The number of rotatable bonds is 5. The third-order valence-corrected chi connectivity index (χ3v) is 4.90. The highest BCUT2D eigenvalue weighted by Gasteiger charge is 2.28. The summed E-state index contributed by atoms with van der Waals surface area (Å²) in [5, 5.41) is 0. The number of amides is 1. The van der Waals surface area contributed by atoms with Gasteiger partial charge in [0.2, 0.25) is 5.91 Å². The second-order valence-electron chi connectivity index (χ2n) is 6.24. The molecular formula is C16H31N3O2. The van der Waals surface area contributed by atoms with Crippen LogP contribution in [0.1, 0.15) is 39.0 Å². The lowest BCUT2D eigenvalue weighted by atomic mass is 9.98. The smallest absolute Gasteiger partial charge is 0.225 e. The number of ether oxygens (including phenoxy) is 1. The Labute approximate surface area is 128 Å². The van der Waals surface area contributed by atoms with Crippen molar-refractivity contribution in [1.82, 2.24) is 9.80 Å². The third-order valence-electron chi connectivity index (χ3n) is 4.90. The summed E-state index contributed by atoms with van der Waals surface area (Å²) in [6.07, 6.45) is 5.07. The molecule has 2 rings (SSSR count). The Morgan fingerprint density at radius 2 is 2.00 bits per heavy atom. The maximum Gasteiger partial charge on any atom is 0.225 e. The van der Waals surface area contributed by atoms with Gasteiger partial charge < -0.3 is 15.4 Å². The fraction of sp³-hybridized carbons (Fsp3) is 0.938. The van der Waals surface area contributed by atoms with E-state index in [9.17, 15) is 4.79 Å². The van der Waals surface area contributed by atoms with Gasteiger partial charge in [0.25, 0.3) is 0 Å². The van der Waals surface area contributed by atoms with E-state index in [1.165, 1.54) is 0 Å². The molecule has 2 heterocycles. The molecule has 0 aliphatic carbocycles. The highest BCUT2D eigenvalue weighted by molar-refractivity contribution is 5.79. The van der Waals surface area contributed by atoms with Gasteiger partial charge in [-0.1, -0.05) is 6.92 Å². The summed E-state index contributed by atoms with van der Waals surface area (Å²) in [5.41, 5.74) is 5.72. The standard InChI is InChI=1S/C16H31N3O2/c1-2-15(4-7-17)18-8-3-9-19(11-10-18)16(20)14-5-12-21-13-6-14/h14-15H,2-13,17H2,1H3. The minimum atomic E-state index is 0.191. The van der Waals surface area contributed by atoms with E-state index in [2.05, 4.69) is 16.7 Å². The van der Waals surface area contributed by atoms with Gasteiger partial charge >= 0.3 is 0 Å². The van der Waals surface area contributed by atoms with Crippen molar-refractivity contribution in [1.29, 1.82) is 0 Å². The lowest BCUT2D eigenvalue weighted by Crippen LogP contribution is -2.42. The largest absolute Gasteiger partial charge is 0.381 e. The van der Waals surface area contributed by atoms with Crippen LogP contribution in [0, 0.1) is 5.92 Å². The van der Waals surface area contributed by atoms with Crippen LogP contribution in [0.15, 0.2) is 0 Å². The van der Waals surface area contributed by atoms with E-state index in [1.807, 2.05) is 0 Å². The molecule has 1 unspecified atom stereocenters. The van der Waals surface area contributed by atoms with Crippen molar-refractivity contribution >= 4 is 5.91 Å². The number of nitrogens with two attached hydrogens (primary N) is 1. The van der Waals surface area contributed by atoms with Gasteiger partial charge in [-0.15, -0.1) is 0 Å². The monoisotopic (exact) mass is 297 g/mol. The summed E-state index contributed by atoms with van der Waals surface area (Å²) in [4.78, 5) is 17.2. The lowest BCUT2D eigenvalue weighted by molar-refractivity contribution is -0.138. The Morgan fingerprint density at radius 3 is 2.67 bits per heavy atom. The van der Waals surface area contributed by atoms with Gasteiger partial charge in [0.1, 0.15) is 0 Å². The lowest BCUT2D eigenvalue weighted by Gasteiger charge is -2.30. The van der Waals surface area contributed by atoms with Crippen LogP contribution in [0.5, 0.6) is 0 Å². The molecule has 0 spiro atoms. The van der Waals surface area contributed by atoms with Crippen molar-refractivity contribution in [3.8, 4) is 0 Å². The first-order valence-corrected chi connectivity index (χ1v) is 8.57. The number of hydrogen-bond donors (Lipinski definition) is 1. The molecule has 0 aromatic carbocycles. The fourth-order valence-electron chi connectivity index (χ4n) is 3.56. The van der Waals surface area contributed by atoms with Gasteiger partial charge in [-0.05, 0) is 38.6 Å². The first-order valence-electron chi connectivity index (χ1n) is 8.57. The Bertz CT molecular complexity index is 319. The molecule has 1 atom stereocenters. The summed E-state index contributed by atoms with van der Waals surface area (Å²) < 4.78 is 5.36. The fourth-order valence-corrected chi connectivity index (χ4v) is 3.56. The molecule has 0 aromatic heterocycles. The predicted molar refractivity (Wildman–Crippen MR) is 84.1 cm³/mol. The van der Waals surface area contributed by atoms with Crippen molar-refractivity contribution in [2.24, 2.45) is 11.7 Å². The molecule has 5 heteroatoms. The maximum absolute atomic E-state index is 12.6. The number of carbonyl (C=O) groups excluding carboxylic acids is 1. The van der Waals surface area contributed by atoms with Crippen LogP contribution < -0.4 is 5.73 Å². The van der Waals surface area contributed by atoms with E-state index in [0.717, 1.165) is 78.0 Å². The van der Waals surface area contributed by atoms with Crippen LogP contribution in [0.3, 0.4) is 0 Å². The number of nitrogens with zero attached hydrogens (tertiary/aromatic N) is 2. The summed E-state index contributed by atoms with van der Waals surface area (Å²) >= 11 is 0. The summed E-state index contributed by atoms with van der Waals surface area (Å²) in [5.74, 6) is 0.545. The molecule has 2 saturated heterocycles. The minimum Gasteiger partial charge on any atom is -0.381 e. The van der Waals surface area contributed by atoms with Crippen molar-refractivity contribution in [3.05, 3.63) is 0 Å². The second-order valence-corrected chi connectivity index (χ2v) is 6.24. The molecule has 2 aliphatic heterocycles. The van der Waals surface area contributed by atoms with Crippen LogP contribution in [0.25, 0.3) is 0 Å². The molecule has 21 heavy (non-hydrogen) atoms. The molecule has 0 saturated carbocycles. The molecule has 2 fully saturated rings. The van der Waals surface area contributed by atoms with Crippen LogP contribution in [-0.4, -0.2) is 67.7 Å². The predicted octanol–water partition coefficient (Wildman–Crippen LogP) is 1.07. The molecule has 1 amide bonds. The zero-order valence-corrected chi connectivity index (χ0v) is 13.4. The van der Waals surface area contributed by atoms with E-state index in [1.54, 1.807) is 0 Å². The Hall–Kier alpha value is -0.650. The van der Waals surface area contributed by atoms with Crippen molar-refractivity contribution in [2.75, 3.05) is 45.9 Å². The maximum atomic E-state index is 12.6. The van der Waals surface area contributed by atoms with Crippen molar-refractivity contribution in [2.45, 2.75) is 45.1 Å². The third kappa shape index (κ3) is 4.66. The van der Waals surface area contributed by atoms with E-state index in [-0.39, 0.29) is 5.92 Å². The van der Waals surface area contributed by atoms with Gasteiger partial charge in [0.15, 0.2) is 0 Å². The van der Waals surface area contributed by atoms with Crippen LogP contribution in [0.4, 0.5) is 0 Å². The number of carbonyl (C=O) groups is 1. The molecule has 122 valence electrons. The molecule has 0 radical (unpaired) electrons. The average molecular weight is 297 g/mol. The molecule has 0 aromatic rings. The average Bonchev–Trinajstić information content (AvgIpc) is 2.78. The van der Waals surface area contributed by atoms with Gasteiger partial charge in [-0.25, -0.2) is 0 Å². The van der Waals surface area contributed by atoms with E-state index in [4.69, 9.17) is 10.5 Å². The van der Waals surface area contributed by atoms with Crippen LogP contribution in [0.2, 0.25) is 0 Å². The second kappa shape index (κ2) is 8.71. The Kier molecular flexibility index (Phi) is 6.93. The van der Waals surface area contributed by atoms with Crippen molar-refractivity contribution in [3.63, 3.8) is 0 Å². The van der Waals surface area contributed by atoms with Gasteiger partial charge in [-0.3, -0.25) is 9.69 Å². The SMILES string of the molecule is CCC(CCN)N1CCCN(C(=O)C2CCOCC2)CC1. The van der Waals surface area contributed by atoms with E-state index in [0.29, 0.717) is 11.9 Å². The van der Waals surface area contributed by atoms with Crippen LogP contribution >= 0.6 is 0 Å². The van der Waals surface area contributed by atoms with Crippen LogP contribution in [-0.2, 0) is 9.53 Å². The molecule has 0 bridgehead atoms. The molecule has 2 aliphatic rings. The summed E-state index contributed by atoms with van der Waals surface area (Å²) in [6, 6.07) is 0.577. The van der Waals surface area contributed by atoms with Gasteiger partial charge in [-0.2, -0.15) is 0 Å². The number of hydrogen-bond acceptors (Lipinski definition) is 4. The molecule has 2 N–H and O–H groups in total. The topological polar surface area (TPSA) is 58.8 Å². The zero-order valence-electron chi connectivity index (χ0n) is 13.4. The van der Waals surface area contributed by atoms with E-state index < -0.39 is 0 Å². The Balaban J connectivity index is 1.86. The van der Waals surface area contributed by atoms with Gasteiger partial charge in [0.05, 0.1) is 0 Å².